The van der Waals surface area contributed by atoms with Crippen molar-refractivity contribution in [2.75, 3.05) is 33.7 Å². The molecule has 110 valence electrons. The van der Waals surface area contributed by atoms with Crippen molar-refractivity contribution in [1.29, 1.82) is 0 Å². The lowest BCUT2D eigenvalue weighted by molar-refractivity contribution is -0.137. The molecule has 0 aliphatic rings. The molecule has 1 rings (SSSR count). The molecule has 0 aliphatic heterocycles. The van der Waals surface area contributed by atoms with Crippen molar-refractivity contribution in [2.24, 2.45) is 0 Å². The third-order valence-electron chi connectivity index (χ3n) is 2.59. The maximum Gasteiger partial charge on any atom is 0.323 e. The van der Waals surface area contributed by atoms with E-state index in [4.69, 9.17) is 16.7 Å². The molecule has 1 aromatic rings. The Labute approximate surface area is 131 Å². The Bertz CT molecular complexity index is 508. The second-order valence-electron chi connectivity index (χ2n) is 4.55. The number of carboxylic acid groups (broad SMARTS) is 1. The van der Waals surface area contributed by atoms with Gasteiger partial charge in [-0.25, -0.2) is 0 Å². The van der Waals surface area contributed by atoms with E-state index in [1.807, 2.05) is 19.0 Å². The zero-order valence-corrected chi connectivity index (χ0v) is 13.6. The summed E-state index contributed by atoms with van der Waals surface area (Å²) in [5, 5.41) is 9.42. The number of likely N-dealkylation sites (N-methyl/N-ethyl adjacent to an activating group) is 1. The molecule has 1 amide bonds. The van der Waals surface area contributed by atoms with Crippen molar-refractivity contribution in [2.45, 2.75) is 0 Å². The fourth-order valence-corrected chi connectivity index (χ4v) is 2.42. The molecule has 0 atom stereocenters. The van der Waals surface area contributed by atoms with E-state index < -0.39 is 5.97 Å². The summed E-state index contributed by atoms with van der Waals surface area (Å²) >= 11 is 9.11. The van der Waals surface area contributed by atoms with Gasteiger partial charge in [0.15, 0.2) is 0 Å². The Morgan fingerprint density at radius 1 is 1.30 bits per heavy atom. The van der Waals surface area contributed by atoms with Crippen LogP contribution in [0.2, 0.25) is 5.02 Å². The van der Waals surface area contributed by atoms with Crippen LogP contribution in [-0.4, -0.2) is 60.5 Å². The fraction of sp³-hybridized carbons (Fsp3) is 0.385. The summed E-state index contributed by atoms with van der Waals surface area (Å²) < 4.78 is 0.551. The first-order valence-electron chi connectivity index (χ1n) is 5.92. The third-order valence-corrected chi connectivity index (χ3v) is 3.48. The SMILES string of the molecule is CN(C)CCN(CC(=O)O)C(=O)c1ccc(Cl)cc1Br. The molecule has 1 N–H and O–H groups in total. The Morgan fingerprint density at radius 3 is 2.45 bits per heavy atom. The van der Waals surface area contributed by atoms with Crippen molar-refractivity contribution in [3.05, 3.63) is 33.3 Å². The average Bonchev–Trinajstić information content (AvgIpc) is 2.33. The standard InChI is InChI=1S/C13H16BrClN2O3/c1-16(2)5-6-17(8-12(18)19)13(20)10-4-3-9(15)7-11(10)14/h3-4,7H,5-6,8H2,1-2H3,(H,18,19). The summed E-state index contributed by atoms with van der Waals surface area (Å²) in [7, 11) is 3.73. The van der Waals surface area contributed by atoms with Gasteiger partial charge >= 0.3 is 5.97 Å². The summed E-state index contributed by atoms with van der Waals surface area (Å²) in [6.07, 6.45) is 0. The van der Waals surface area contributed by atoms with Gasteiger partial charge in [0.05, 0.1) is 5.56 Å². The monoisotopic (exact) mass is 362 g/mol. The Balaban J connectivity index is 2.93. The number of amides is 1. The molecular weight excluding hydrogens is 348 g/mol. The van der Waals surface area contributed by atoms with Crippen molar-refractivity contribution in [1.82, 2.24) is 9.80 Å². The molecule has 5 nitrogen and oxygen atoms in total. The molecule has 0 spiro atoms. The first-order chi connectivity index (χ1) is 9.31. The van der Waals surface area contributed by atoms with Crippen LogP contribution in [0.5, 0.6) is 0 Å². The minimum atomic E-state index is -1.04. The van der Waals surface area contributed by atoms with Gasteiger partial charge < -0.3 is 14.9 Å². The van der Waals surface area contributed by atoms with Crippen LogP contribution in [0.15, 0.2) is 22.7 Å². The van der Waals surface area contributed by atoms with Gasteiger partial charge in [0.2, 0.25) is 0 Å². The number of halogens is 2. The van der Waals surface area contributed by atoms with Crippen molar-refractivity contribution in [3.8, 4) is 0 Å². The van der Waals surface area contributed by atoms with Crippen LogP contribution in [0.4, 0.5) is 0 Å². The summed E-state index contributed by atoms with van der Waals surface area (Å²) in [6, 6.07) is 4.80. The lowest BCUT2D eigenvalue weighted by Crippen LogP contribution is -2.40. The van der Waals surface area contributed by atoms with Gasteiger partial charge in [-0.2, -0.15) is 0 Å². The van der Waals surface area contributed by atoms with Crippen LogP contribution in [0, 0.1) is 0 Å². The topological polar surface area (TPSA) is 60.9 Å². The number of hydrogen-bond acceptors (Lipinski definition) is 3. The number of nitrogens with zero attached hydrogens (tertiary/aromatic N) is 2. The van der Waals surface area contributed by atoms with E-state index in [1.54, 1.807) is 18.2 Å². The predicted molar refractivity (Wildman–Crippen MR) is 81.2 cm³/mol. The summed E-state index contributed by atoms with van der Waals surface area (Å²) in [4.78, 5) is 26.5. The van der Waals surface area contributed by atoms with Gasteiger partial charge in [-0.05, 0) is 48.2 Å². The van der Waals surface area contributed by atoms with Crippen LogP contribution >= 0.6 is 27.5 Å². The molecule has 0 unspecified atom stereocenters. The summed E-state index contributed by atoms with van der Waals surface area (Å²) in [5.74, 6) is -1.38. The molecule has 0 aliphatic carbocycles. The van der Waals surface area contributed by atoms with E-state index in [1.165, 1.54) is 4.90 Å². The second kappa shape index (κ2) is 7.61. The molecule has 0 heterocycles. The summed E-state index contributed by atoms with van der Waals surface area (Å²) in [6.45, 7) is 0.596. The van der Waals surface area contributed by atoms with Crippen molar-refractivity contribution < 1.29 is 14.7 Å². The molecule has 7 heteroatoms. The highest BCUT2D eigenvalue weighted by Gasteiger charge is 2.20. The predicted octanol–water partition coefficient (Wildman–Crippen LogP) is 2.19. The Hall–Kier alpha value is -1.11. The Kier molecular flexibility index (Phi) is 6.45. The number of carbonyl (C=O) groups excluding carboxylic acids is 1. The highest BCUT2D eigenvalue weighted by atomic mass is 79.9. The van der Waals surface area contributed by atoms with E-state index in [0.717, 1.165) is 0 Å². The molecule has 0 bridgehead atoms. The van der Waals surface area contributed by atoms with Crippen LogP contribution in [0.25, 0.3) is 0 Å². The number of carboxylic acids is 1. The van der Waals surface area contributed by atoms with Crippen LogP contribution < -0.4 is 0 Å². The number of rotatable bonds is 6. The minimum Gasteiger partial charge on any atom is -0.480 e. The van der Waals surface area contributed by atoms with Gasteiger partial charge in [0.25, 0.3) is 5.91 Å². The van der Waals surface area contributed by atoms with Gasteiger partial charge in [-0.3, -0.25) is 9.59 Å². The number of hydrogen-bond donors (Lipinski definition) is 1. The average molecular weight is 364 g/mol. The molecule has 20 heavy (non-hydrogen) atoms. The normalized spacial score (nSPS) is 10.7. The highest BCUT2D eigenvalue weighted by molar-refractivity contribution is 9.10. The maximum atomic E-state index is 12.4. The Morgan fingerprint density at radius 2 is 1.95 bits per heavy atom. The quantitative estimate of drug-likeness (QED) is 0.841. The largest absolute Gasteiger partial charge is 0.480 e. The molecule has 0 saturated heterocycles. The smallest absolute Gasteiger partial charge is 0.323 e. The third kappa shape index (κ3) is 5.11. The molecule has 1 aromatic carbocycles. The number of carbonyl (C=O) groups is 2. The van der Waals surface area contributed by atoms with Crippen LogP contribution in [0.3, 0.4) is 0 Å². The van der Waals surface area contributed by atoms with Crippen LogP contribution in [0.1, 0.15) is 10.4 Å². The summed E-state index contributed by atoms with van der Waals surface area (Å²) in [5.41, 5.74) is 0.398. The zero-order valence-electron chi connectivity index (χ0n) is 11.3. The van der Waals surface area contributed by atoms with E-state index in [-0.39, 0.29) is 12.5 Å². The zero-order chi connectivity index (χ0) is 15.3. The number of aliphatic carboxylic acids is 1. The van der Waals surface area contributed by atoms with E-state index in [0.29, 0.717) is 28.1 Å². The van der Waals surface area contributed by atoms with E-state index in [2.05, 4.69) is 15.9 Å². The highest BCUT2D eigenvalue weighted by Crippen LogP contribution is 2.22. The lowest BCUT2D eigenvalue weighted by atomic mass is 10.2. The molecule has 0 radical (unpaired) electrons. The van der Waals surface area contributed by atoms with E-state index >= 15 is 0 Å². The van der Waals surface area contributed by atoms with Gasteiger partial charge in [-0.15, -0.1) is 0 Å². The molecule has 0 aromatic heterocycles. The fourth-order valence-electron chi connectivity index (χ4n) is 1.57. The van der Waals surface area contributed by atoms with Gasteiger partial charge in [-0.1, -0.05) is 11.6 Å². The molecule has 0 saturated carbocycles. The molecule has 0 fully saturated rings. The maximum absolute atomic E-state index is 12.4. The van der Waals surface area contributed by atoms with Gasteiger partial charge in [0, 0.05) is 22.6 Å². The minimum absolute atomic E-state index is 0.332. The molecular formula is C13H16BrClN2O3. The van der Waals surface area contributed by atoms with E-state index in [9.17, 15) is 9.59 Å². The van der Waals surface area contributed by atoms with Crippen LogP contribution in [-0.2, 0) is 4.79 Å². The van der Waals surface area contributed by atoms with Crippen molar-refractivity contribution >= 4 is 39.4 Å². The lowest BCUT2D eigenvalue weighted by Gasteiger charge is -2.23. The van der Waals surface area contributed by atoms with Gasteiger partial charge in [0.1, 0.15) is 6.54 Å². The second-order valence-corrected chi connectivity index (χ2v) is 5.84. The van der Waals surface area contributed by atoms with Crippen molar-refractivity contribution in [3.63, 3.8) is 0 Å². The number of benzene rings is 1. The first-order valence-corrected chi connectivity index (χ1v) is 7.09. The first kappa shape index (κ1) is 16.9.